The van der Waals surface area contributed by atoms with Gasteiger partial charge < -0.3 is 10.5 Å². The summed E-state index contributed by atoms with van der Waals surface area (Å²) in [6, 6.07) is -0.0798. The van der Waals surface area contributed by atoms with Crippen molar-refractivity contribution >= 4 is 17.5 Å². The highest BCUT2D eigenvalue weighted by Crippen LogP contribution is 2.46. The quantitative estimate of drug-likeness (QED) is 0.715. The average molecular weight is 370 g/mol. The van der Waals surface area contributed by atoms with Crippen LogP contribution in [0, 0.1) is 11.8 Å². The van der Waals surface area contributed by atoms with Crippen molar-refractivity contribution in [2.75, 3.05) is 23.8 Å². The maximum Gasteiger partial charge on any atom is 0.232 e. The summed E-state index contributed by atoms with van der Waals surface area (Å²) in [4.78, 5) is 23.3. The summed E-state index contributed by atoms with van der Waals surface area (Å²) in [5.41, 5.74) is 8.14. The molecular formula is C19H26N6O2. The van der Waals surface area contributed by atoms with E-state index in [4.69, 9.17) is 15.5 Å². The zero-order valence-corrected chi connectivity index (χ0v) is 15.8. The molecule has 0 radical (unpaired) electrons. The molecule has 2 aliphatic rings. The van der Waals surface area contributed by atoms with Gasteiger partial charge in [-0.15, -0.1) is 0 Å². The Morgan fingerprint density at radius 1 is 1.41 bits per heavy atom. The second-order valence-corrected chi connectivity index (χ2v) is 7.46. The zero-order valence-electron chi connectivity index (χ0n) is 15.8. The molecule has 3 atom stereocenters. The maximum absolute atomic E-state index is 12.4. The number of hydrogen-bond donors (Lipinski definition) is 1. The summed E-state index contributed by atoms with van der Waals surface area (Å²) in [6.45, 7) is 5.96. The Bertz CT molecular complexity index is 835. The molecule has 2 N–H and O–H groups in total. The number of unbranched alkanes of at least 4 members (excludes halogenated alkanes) is 1. The fraction of sp³-hybridized carbons (Fsp3) is 0.579. The molecule has 1 aliphatic carbocycles. The first kappa shape index (κ1) is 17.9. The summed E-state index contributed by atoms with van der Waals surface area (Å²) >= 11 is 0. The van der Waals surface area contributed by atoms with Gasteiger partial charge in [-0.05, 0) is 25.7 Å². The summed E-state index contributed by atoms with van der Waals surface area (Å²) in [5, 5.41) is 4.30. The monoisotopic (exact) mass is 370 g/mol. The molecular weight excluding hydrogens is 344 g/mol. The highest BCUT2D eigenvalue weighted by atomic mass is 16.5. The molecule has 8 nitrogen and oxygen atoms in total. The molecule has 1 saturated carbocycles. The number of carbonyl (C=O) groups is 1. The number of aromatic nitrogens is 4. The zero-order chi connectivity index (χ0) is 19.0. The van der Waals surface area contributed by atoms with Gasteiger partial charge in [-0.2, -0.15) is 5.10 Å². The fourth-order valence-electron chi connectivity index (χ4n) is 3.59. The molecule has 2 aromatic rings. The van der Waals surface area contributed by atoms with Gasteiger partial charge in [-0.3, -0.25) is 14.4 Å². The van der Waals surface area contributed by atoms with E-state index in [-0.39, 0.29) is 17.9 Å². The number of rotatable bonds is 8. The van der Waals surface area contributed by atoms with Crippen LogP contribution in [0.3, 0.4) is 0 Å². The Morgan fingerprint density at radius 2 is 2.26 bits per heavy atom. The van der Waals surface area contributed by atoms with Crippen LogP contribution in [0.4, 0.5) is 11.6 Å². The van der Waals surface area contributed by atoms with Gasteiger partial charge in [0, 0.05) is 37.0 Å². The minimum absolute atomic E-state index is 0.0798. The second-order valence-electron chi connectivity index (χ2n) is 7.46. The van der Waals surface area contributed by atoms with Gasteiger partial charge >= 0.3 is 0 Å². The Morgan fingerprint density at radius 3 is 2.93 bits per heavy atom. The Kier molecular flexibility index (Phi) is 4.82. The third-order valence-electron chi connectivity index (χ3n) is 5.40. The van der Waals surface area contributed by atoms with Crippen LogP contribution in [-0.4, -0.2) is 38.8 Å². The maximum atomic E-state index is 12.4. The number of hydrogen-bond acceptors (Lipinski definition) is 6. The predicted octanol–water partition coefficient (Wildman–Crippen LogP) is 2.16. The molecule has 4 rings (SSSR count). The van der Waals surface area contributed by atoms with E-state index in [1.54, 1.807) is 28.2 Å². The number of ether oxygens (including phenoxy) is 1. The molecule has 3 unspecified atom stereocenters. The van der Waals surface area contributed by atoms with Crippen LogP contribution >= 0.6 is 0 Å². The van der Waals surface area contributed by atoms with Crippen LogP contribution < -0.4 is 10.6 Å². The second kappa shape index (κ2) is 7.26. The number of anilines is 2. The average Bonchev–Trinajstić information content (AvgIpc) is 3.20. The van der Waals surface area contributed by atoms with E-state index >= 15 is 0 Å². The molecule has 0 aromatic carbocycles. The Labute approximate surface area is 158 Å². The standard InChI is InChI=1S/C19H26N6O2/c1-3-4-5-27-11-17-16(12(2)25-10-14(20)7-22-25)8-21-19(23-17)24-9-13-6-15(13)18(24)26/h7-8,10,12-13,15H,3-6,9,11,20H2,1-2H3. The minimum atomic E-state index is -0.0798. The Hall–Kier alpha value is -2.48. The number of amides is 1. The molecule has 27 heavy (non-hydrogen) atoms. The fourth-order valence-corrected chi connectivity index (χ4v) is 3.59. The minimum Gasteiger partial charge on any atom is -0.396 e. The largest absolute Gasteiger partial charge is 0.396 e. The normalized spacial score (nSPS) is 22.1. The first-order chi connectivity index (χ1) is 13.1. The molecule has 0 bridgehead atoms. The van der Waals surface area contributed by atoms with Crippen LogP contribution in [0.1, 0.15) is 50.4 Å². The van der Waals surface area contributed by atoms with Crippen LogP contribution in [0.2, 0.25) is 0 Å². The first-order valence-corrected chi connectivity index (χ1v) is 9.63. The van der Waals surface area contributed by atoms with E-state index < -0.39 is 0 Å². The summed E-state index contributed by atoms with van der Waals surface area (Å²) in [7, 11) is 0. The van der Waals surface area contributed by atoms with E-state index in [0.29, 0.717) is 30.8 Å². The molecule has 0 spiro atoms. The van der Waals surface area contributed by atoms with Crippen molar-refractivity contribution in [2.24, 2.45) is 11.8 Å². The summed E-state index contributed by atoms with van der Waals surface area (Å²) < 4.78 is 7.61. The van der Waals surface area contributed by atoms with Crippen LogP contribution in [0.25, 0.3) is 0 Å². The van der Waals surface area contributed by atoms with Gasteiger partial charge in [0.2, 0.25) is 11.9 Å². The van der Waals surface area contributed by atoms with E-state index in [9.17, 15) is 4.79 Å². The van der Waals surface area contributed by atoms with Crippen molar-refractivity contribution < 1.29 is 9.53 Å². The van der Waals surface area contributed by atoms with Gasteiger partial charge in [0.15, 0.2) is 0 Å². The lowest BCUT2D eigenvalue weighted by Crippen LogP contribution is -2.30. The van der Waals surface area contributed by atoms with Gasteiger partial charge in [0.25, 0.3) is 0 Å². The van der Waals surface area contributed by atoms with Crippen LogP contribution in [0.5, 0.6) is 0 Å². The van der Waals surface area contributed by atoms with E-state index in [1.807, 2.05) is 6.92 Å². The number of nitrogens with two attached hydrogens (primary N) is 1. The number of piperidine rings is 1. The molecule has 2 aromatic heterocycles. The van der Waals surface area contributed by atoms with E-state index in [0.717, 1.165) is 37.1 Å². The van der Waals surface area contributed by atoms with Crippen molar-refractivity contribution in [3.8, 4) is 0 Å². The molecule has 2 fully saturated rings. The SMILES string of the molecule is CCCCOCc1nc(N2CC3CC3C2=O)ncc1C(C)n1cc(N)cn1. The molecule has 1 saturated heterocycles. The number of nitrogens with zero attached hydrogens (tertiary/aromatic N) is 5. The van der Waals surface area contributed by atoms with Gasteiger partial charge in [-0.25, -0.2) is 9.97 Å². The Balaban J connectivity index is 1.59. The molecule has 8 heteroatoms. The summed E-state index contributed by atoms with van der Waals surface area (Å²) in [6.07, 6.45) is 8.30. The van der Waals surface area contributed by atoms with Crippen molar-refractivity contribution in [1.82, 2.24) is 19.7 Å². The van der Waals surface area contributed by atoms with Crippen molar-refractivity contribution in [3.63, 3.8) is 0 Å². The highest BCUT2D eigenvalue weighted by molar-refractivity contribution is 5.98. The van der Waals surface area contributed by atoms with Gasteiger partial charge in [0.1, 0.15) is 0 Å². The predicted molar refractivity (Wildman–Crippen MR) is 101 cm³/mol. The summed E-state index contributed by atoms with van der Waals surface area (Å²) in [5.74, 6) is 1.30. The molecule has 1 aliphatic heterocycles. The van der Waals surface area contributed by atoms with E-state index in [2.05, 4.69) is 17.0 Å². The van der Waals surface area contributed by atoms with E-state index in [1.165, 1.54) is 0 Å². The molecule has 1 amide bonds. The van der Waals surface area contributed by atoms with Crippen molar-refractivity contribution in [1.29, 1.82) is 0 Å². The van der Waals surface area contributed by atoms with Crippen molar-refractivity contribution in [3.05, 3.63) is 29.8 Å². The lowest BCUT2D eigenvalue weighted by Gasteiger charge is -2.20. The van der Waals surface area contributed by atoms with Gasteiger partial charge in [0.05, 0.1) is 30.2 Å². The number of carbonyl (C=O) groups excluding carboxylic acids is 1. The topological polar surface area (TPSA) is 99.2 Å². The molecule has 144 valence electrons. The van der Waals surface area contributed by atoms with Crippen LogP contribution in [0.15, 0.2) is 18.6 Å². The van der Waals surface area contributed by atoms with Crippen molar-refractivity contribution in [2.45, 2.75) is 45.8 Å². The lowest BCUT2D eigenvalue weighted by atomic mass is 10.1. The highest BCUT2D eigenvalue weighted by Gasteiger charge is 2.53. The number of fused-ring (bicyclic) bond motifs is 1. The third-order valence-corrected chi connectivity index (χ3v) is 5.40. The first-order valence-electron chi connectivity index (χ1n) is 9.63. The van der Waals surface area contributed by atoms with Gasteiger partial charge in [-0.1, -0.05) is 13.3 Å². The third kappa shape index (κ3) is 3.53. The smallest absolute Gasteiger partial charge is 0.232 e. The van der Waals surface area contributed by atoms with Crippen LogP contribution in [-0.2, 0) is 16.1 Å². The number of nitrogen functional groups attached to an aromatic ring is 1. The molecule has 3 heterocycles. The lowest BCUT2D eigenvalue weighted by molar-refractivity contribution is -0.118.